The monoisotopic (exact) mass is 807 g/mol. The molecule has 0 N–H and O–H groups in total. The molecule has 9 aromatic carbocycles. The predicted octanol–water partition coefficient (Wildman–Crippen LogP) is 16.6. The van der Waals surface area contributed by atoms with Crippen molar-refractivity contribution < 1.29 is 0 Å². The lowest BCUT2D eigenvalue weighted by Crippen LogP contribution is -2.28. The molecule has 0 aromatic heterocycles. The molecule has 0 saturated heterocycles. The molecule has 3 aliphatic rings. The summed E-state index contributed by atoms with van der Waals surface area (Å²) in [6.07, 6.45) is 7.54. The topological polar surface area (TPSA) is 3.24 Å². The van der Waals surface area contributed by atoms with Gasteiger partial charge in [0.15, 0.2) is 0 Å². The normalized spacial score (nSPS) is 17.5. The second-order valence-corrected chi connectivity index (χ2v) is 18.9. The maximum Gasteiger partial charge on any atom is 0.0467 e. The van der Waals surface area contributed by atoms with E-state index >= 15 is 0 Å². The van der Waals surface area contributed by atoms with Gasteiger partial charge in [-0.05, 0) is 136 Å². The molecule has 2 atom stereocenters. The van der Waals surface area contributed by atoms with Crippen LogP contribution >= 0.6 is 0 Å². The van der Waals surface area contributed by atoms with Crippen molar-refractivity contribution in [1.82, 2.24) is 0 Å². The van der Waals surface area contributed by atoms with Crippen LogP contribution in [0.2, 0.25) is 0 Å². The van der Waals surface area contributed by atoms with Crippen molar-refractivity contribution in [3.05, 3.63) is 240 Å². The third kappa shape index (κ3) is 5.83. The molecule has 3 aliphatic carbocycles. The van der Waals surface area contributed by atoms with Gasteiger partial charge in [-0.1, -0.05) is 204 Å². The van der Waals surface area contributed by atoms with Gasteiger partial charge >= 0.3 is 0 Å². The summed E-state index contributed by atoms with van der Waals surface area (Å²) in [6.45, 7) is 9.74. The fourth-order valence-electron chi connectivity index (χ4n) is 11.6. The van der Waals surface area contributed by atoms with Crippen LogP contribution in [-0.2, 0) is 10.8 Å². The molecule has 0 bridgehead atoms. The molecule has 0 spiro atoms. The lowest BCUT2D eigenvalue weighted by atomic mass is 9.72. The second kappa shape index (κ2) is 14.2. The van der Waals surface area contributed by atoms with Gasteiger partial charge in [-0.3, -0.25) is 0 Å². The van der Waals surface area contributed by atoms with Gasteiger partial charge in [-0.2, -0.15) is 0 Å². The predicted molar refractivity (Wildman–Crippen MR) is 267 cm³/mol. The van der Waals surface area contributed by atoms with Crippen LogP contribution in [0.25, 0.3) is 66.1 Å². The maximum absolute atomic E-state index is 2.61. The Morgan fingerprint density at radius 3 is 1.83 bits per heavy atom. The quantitative estimate of drug-likeness (QED) is 0.162. The second-order valence-electron chi connectivity index (χ2n) is 18.9. The lowest BCUT2D eigenvalue weighted by Gasteiger charge is -2.35. The molecule has 1 nitrogen and oxygen atoms in total. The SMILES string of the molecule is CC1(C)c2ccccc2-c2ccc(N(C3=CC4C(C=C3)c3cc(-c5cccc6ccccc56)cc(-c5cccc6ccccc56)c3C4(C)C)c3cccc(-c4ccccc4)c3)cc21. The number of hydrogen-bond acceptors (Lipinski definition) is 1. The minimum absolute atomic E-state index is 0.115. The molecule has 302 valence electrons. The average molecular weight is 808 g/mol. The van der Waals surface area contributed by atoms with E-state index in [1.54, 1.807) is 0 Å². The molecule has 0 fully saturated rings. The summed E-state index contributed by atoms with van der Waals surface area (Å²) < 4.78 is 0. The van der Waals surface area contributed by atoms with Gasteiger partial charge in [0.1, 0.15) is 0 Å². The van der Waals surface area contributed by atoms with Crippen LogP contribution in [0.4, 0.5) is 11.4 Å². The van der Waals surface area contributed by atoms with Crippen molar-refractivity contribution in [3.8, 4) is 44.5 Å². The van der Waals surface area contributed by atoms with Crippen LogP contribution in [0.1, 0.15) is 55.9 Å². The number of hydrogen-bond donors (Lipinski definition) is 0. The van der Waals surface area contributed by atoms with E-state index < -0.39 is 0 Å². The summed E-state index contributed by atoms with van der Waals surface area (Å²) in [5.41, 5.74) is 19.2. The zero-order valence-corrected chi connectivity index (χ0v) is 36.3. The van der Waals surface area contributed by atoms with Crippen LogP contribution in [0, 0.1) is 5.92 Å². The van der Waals surface area contributed by atoms with Crippen molar-refractivity contribution >= 4 is 32.9 Å². The fourth-order valence-corrected chi connectivity index (χ4v) is 11.6. The fraction of sp³-hybridized carbons (Fsp3) is 0.129. The zero-order chi connectivity index (χ0) is 42.5. The largest absolute Gasteiger partial charge is 0.311 e. The third-order valence-electron chi connectivity index (χ3n) is 14.7. The zero-order valence-electron chi connectivity index (χ0n) is 36.3. The molecule has 63 heavy (non-hydrogen) atoms. The van der Waals surface area contributed by atoms with Gasteiger partial charge in [0.2, 0.25) is 0 Å². The Labute approximate surface area is 371 Å². The van der Waals surface area contributed by atoms with E-state index in [2.05, 4.69) is 245 Å². The van der Waals surface area contributed by atoms with Gasteiger partial charge in [-0.15, -0.1) is 0 Å². The third-order valence-corrected chi connectivity index (χ3v) is 14.7. The molecule has 9 aromatic rings. The van der Waals surface area contributed by atoms with Gasteiger partial charge in [0.25, 0.3) is 0 Å². The molecular weight excluding hydrogens is 759 g/mol. The van der Waals surface area contributed by atoms with Gasteiger partial charge in [-0.25, -0.2) is 0 Å². The van der Waals surface area contributed by atoms with Crippen molar-refractivity contribution in [2.24, 2.45) is 5.92 Å². The van der Waals surface area contributed by atoms with Crippen LogP contribution in [0.5, 0.6) is 0 Å². The molecule has 0 amide bonds. The standard InChI is InChI=1S/C62H49N/c1-61(2)57-30-13-12-27-52(57)53-33-31-46(38-58(53)61)63(45-24-14-23-43(35-45)40-17-6-5-7-18-40)47-32-34-54-56-37-44(50-28-15-21-41-19-8-10-25-48(41)50)36-55(60(56)62(3,4)59(54)39-47)51-29-16-22-42-20-9-11-26-49(42)51/h5-39,54,59H,1-4H3. The van der Waals surface area contributed by atoms with E-state index in [4.69, 9.17) is 0 Å². The first-order chi connectivity index (χ1) is 30.8. The van der Waals surface area contributed by atoms with Gasteiger partial charge in [0.05, 0.1) is 0 Å². The molecule has 12 rings (SSSR count). The molecule has 1 heteroatoms. The van der Waals surface area contributed by atoms with Crippen molar-refractivity contribution in [2.75, 3.05) is 4.90 Å². The average Bonchev–Trinajstić information content (AvgIpc) is 3.70. The first-order valence-electron chi connectivity index (χ1n) is 22.5. The van der Waals surface area contributed by atoms with Crippen molar-refractivity contribution in [1.29, 1.82) is 0 Å². The van der Waals surface area contributed by atoms with E-state index in [0.29, 0.717) is 0 Å². The van der Waals surface area contributed by atoms with Crippen LogP contribution in [0.15, 0.2) is 218 Å². The summed E-state index contributed by atoms with van der Waals surface area (Å²) >= 11 is 0. The Morgan fingerprint density at radius 1 is 0.429 bits per heavy atom. The Bertz CT molecular complexity index is 3350. The number of rotatable bonds is 6. The minimum Gasteiger partial charge on any atom is -0.311 e. The first kappa shape index (κ1) is 37.5. The number of fused-ring (bicyclic) bond motifs is 8. The van der Waals surface area contributed by atoms with Crippen molar-refractivity contribution in [3.63, 3.8) is 0 Å². The maximum atomic E-state index is 2.61. The number of allylic oxidation sites excluding steroid dienone is 3. The molecule has 0 heterocycles. The van der Waals surface area contributed by atoms with Crippen LogP contribution in [-0.4, -0.2) is 0 Å². The van der Waals surface area contributed by atoms with Crippen molar-refractivity contribution in [2.45, 2.75) is 44.4 Å². The Hall–Kier alpha value is -7.22. The molecule has 0 radical (unpaired) electrons. The Balaban J connectivity index is 1.05. The van der Waals surface area contributed by atoms with Gasteiger partial charge < -0.3 is 4.90 Å². The smallest absolute Gasteiger partial charge is 0.0467 e. The minimum atomic E-state index is -0.182. The lowest BCUT2D eigenvalue weighted by molar-refractivity contribution is 0.393. The highest BCUT2D eigenvalue weighted by atomic mass is 15.1. The number of benzene rings is 9. The van der Waals surface area contributed by atoms with E-state index in [9.17, 15) is 0 Å². The van der Waals surface area contributed by atoms with E-state index in [1.165, 1.54) is 99.7 Å². The summed E-state index contributed by atoms with van der Waals surface area (Å²) in [5.74, 6) is 0.437. The van der Waals surface area contributed by atoms with E-state index in [0.717, 1.165) is 5.69 Å². The van der Waals surface area contributed by atoms with E-state index in [-0.39, 0.29) is 22.7 Å². The Kier molecular flexibility index (Phi) is 8.44. The molecule has 0 saturated carbocycles. The van der Waals surface area contributed by atoms with Crippen LogP contribution in [0.3, 0.4) is 0 Å². The van der Waals surface area contributed by atoms with Crippen LogP contribution < -0.4 is 4.90 Å². The van der Waals surface area contributed by atoms with Gasteiger partial charge in [0, 0.05) is 28.4 Å². The summed E-state index contributed by atoms with van der Waals surface area (Å²) in [6, 6.07) is 72.3. The highest BCUT2D eigenvalue weighted by Gasteiger charge is 2.48. The summed E-state index contributed by atoms with van der Waals surface area (Å²) in [7, 11) is 0. The first-order valence-corrected chi connectivity index (χ1v) is 22.5. The highest BCUT2D eigenvalue weighted by Crippen LogP contribution is 2.59. The molecule has 0 aliphatic heterocycles. The molecular formula is C62H49N. The number of anilines is 2. The Morgan fingerprint density at radius 2 is 1.03 bits per heavy atom. The summed E-state index contributed by atoms with van der Waals surface area (Å²) in [4.78, 5) is 2.52. The summed E-state index contributed by atoms with van der Waals surface area (Å²) in [5, 5.41) is 5.11. The highest BCUT2D eigenvalue weighted by molar-refractivity contribution is 6.02. The van der Waals surface area contributed by atoms with E-state index in [1.807, 2.05) is 0 Å². The molecule has 2 unspecified atom stereocenters. The number of nitrogens with zero attached hydrogens (tertiary/aromatic N) is 1.